The summed E-state index contributed by atoms with van der Waals surface area (Å²) in [5.74, 6) is -0.723. The smallest absolute Gasteiger partial charge is 0.394 e. The Labute approximate surface area is 387 Å². The van der Waals surface area contributed by atoms with Crippen molar-refractivity contribution in [1.82, 2.24) is 5.32 Å². The summed E-state index contributed by atoms with van der Waals surface area (Å²) in [4.78, 5) is 13.1. The lowest BCUT2D eigenvalue weighted by molar-refractivity contribution is -0.298. The number of hydrogen-bond acceptors (Lipinski definition) is 11. The Morgan fingerprint density at radius 3 is 1.62 bits per heavy atom. The number of hydrogen-bond donors (Lipinski definition) is 7. The number of aliphatic hydroxyl groups is 5. The van der Waals surface area contributed by atoms with E-state index < -0.39 is 78.5 Å². The van der Waals surface area contributed by atoms with Crippen LogP contribution in [0.2, 0.25) is 0 Å². The predicted octanol–water partition coefficient (Wildman–Crippen LogP) is 9.19. The largest absolute Gasteiger partial charge is 0.397 e. The number of aliphatic hydroxyl groups excluding tert-OH is 5. The van der Waals surface area contributed by atoms with Crippen LogP contribution in [-0.4, -0.2) is 107 Å². The van der Waals surface area contributed by atoms with Gasteiger partial charge in [0.15, 0.2) is 6.29 Å². The molecule has 0 bridgehead atoms. The van der Waals surface area contributed by atoms with Crippen LogP contribution in [0.3, 0.4) is 0 Å². The van der Waals surface area contributed by atoms with Gasteiger partial charge < -0.3 is 40.3 Å². The lowest BCUT2D eigenvalue weighted by atomic mass is 9.99. The summed E-state index contributed by atoms with van der Waals surface area (Å²) < 4.78 is 47.6. The zero-order chi connectivity index (χ0) is 47.1. The third-order valence-electron chi connectivity index (χ3n) is 11.4. The van der Waals surface area contributed by atoms with Gasteiger partial charge in [-0.15, -0.1) is 0 Å². The zero-order valence-corrected chi connectivity index (χ0v) is 40.3. The molecule has 8 atom stereocenters. The monoisotopic (exact) mass is 928 g/mol. The van der Waals surface area contributed by atoms with Crippen LogP contribution in [-0.2, 0) is 28.9 Å². The Bertz CT molecular complexity index is 1390. The van der Waals surface area contributed by atoms with Crippen LogP contribution < -0.4 is 5.32 Å². The topological polar surface area (TPSA) is 212 Å². The van der Waals surface area contributed by atoms with E-state index in [1.54, 1.807) is 6.08 Å². The van der Waals surface area contributed by atoms with E-state index in [-0.39, 0.29) is 6.42 Å². The Morgan fingerprint density at radius 1 is 0.641 bits per heavy atom. The summed E-state index contributed by atoms with van der Waals surface area (Å²) in [5, 5.41) is 55.3. The van der Waals surface area contributed by atoms with E-state index in [0.717, 1.165) is 64.2 Å². The second-order valence-electron chi connectivity index (χ2n) is 17.2. The minimum atomic E-state index is -5.13. The van der Waals surface area contributed by atoms with Crippen LogP contribution in [0.1, 0.15) is 187 Å². The van der Waals surface area contributed by atoms with E-state index in [4.69, 9.17) is 9.47 Å². The van der Waals surface area contributed by atoms with Crippen molar-refractivity contribution in [1.29, 1.82) is 0 Å². The maximum Gasteiger partial charge on any atom is 0.397 e. The number of allylic oxidation sites excluding steroid dienone is 9. The number of rotatable bonds is 41. The molecular formula is C50H89NO12S. The van der Waals surface area contributed by atoms with Crippen LogP contribution in [0.15, 0.2) is 60.8 Å². The quantitative estimate of drug-likeness (QED) is 0.0132. The van der Waals surface area contributed by atoms with Crippen molar-refractivity contribution in [3.63, 3.8) is 0 Å². The molecule has 1 saturated heterocycles. The second-order valence-corrected chi connectivity index (χ2v) is 18.2. The van der Waals surface area contributed by atoms with E-state index in [9.17, 15) is 43.3 Å². The SMILES string of the molecule is CCCCC/C=C\C=C/CCCCCCCCCCCC(O)C(=O)NC(COC1OC(CO)C(O)C(OS(=O)(=O)O)C1O)C(O)/C=C/CC/C=C/CC/C=C/CCCCCCCCC. The molecule has 64 heavy (non-hydrogen) atoms. The van der Waals surface area contributed by atoms with Gasteiger partial charge in [0.1, 0.15) is 30.5 Å². The fourth-order valence-electron chi connectivity index (χ4n) is 7.42. The highest BCUT2D eigenvalue weighted by Gasteiger charge is 2.48. The van der Waals surface area contributed by atoms with E-state index in [2.05, 4.69) is 72.0 Å². The molecule has 0 radical (unpaired) electrons. The van der Waals surface area contributed by atoms with Gasteiger partial charge in [0.25, 0.3) is 0 Å². The standard InChI is InChI=1S/C50H89NO12S/c1-3-5-7-9-11-13-15-17-19-21-23-25-27-29-31-33-35-37-39-44(54)49(57)51-42(41-61-50-47(56)48(63-64(58,59)60)46(55)45(40-52)62-50)43(53)38-36-34-32-30-28-26-24-22-20-18-16-14-12-10-8-6-4-2/h11,13,15,17,20,22,28,30,36,38,42-48,50,52-56H,3-10,12,14,16,18-19,21,23-27,29,31-35,37,39-41H2,1-2H3,(H,51,57)(H,58,59,60)/b13-11-,17-15-,22-20+,30-28+,38-36+. The number of nitrogens with one attached hydrogen (secondary N) is 1. The first-order valence-electron chi connectivity index (χ1n) is 24.8. The lowest BCUT2D eigenvalue weighted by Crippen LogP contribution is -2.61. The van der Waals surface area contributed by atoms with E-state index in [1.807, 2.05) is 0 Å². The molecule has 0 spiro atoms. The first kappa shape index (κ1) is 59.8. The summed E-state index contributed by atoms with van der Waals surface area (Å²) >= 11 is 0. The van der Waals surface area contributed by atoms with E-state index in [1.165, 1.54) is 96.0 Å². The molecule has 13 nitrogen and oxygen atoms in total. The van der Waals surface area contributed by atoms with Gasteiger partial charge >= 0.3 is 10.4 Å². The highest BCUT2D eigenvalue weighted by molar-refractivity contribution is 7.80. The molecular weight excluding hydrogens is 839 g/mol. The average Bonchev–Trinajstić information content (AvgIpc) is 3.27. The van der Waals surface area contributed by atoms with Gasteiger partial charge in [-0.3, -0.25) is 9.35 Å². The molecule has 1 fully saturated rings. The fraction of sp³-hybridized carbons (Fsp3) is 0.780. The first-order chi connectivity index (χ1) is 30.9. The summed E-state index contributed by atoms with van der Waals surface area (Å²) in [6.07, 6.45) is 38.6. The molecule has 1 aliphatic rings. The Morgan fingerprint density at radius 2 is 1.09 bits per heavy atom. The first-order valence-corrected chi connectivity index (χ1v) is 26.2. The normalized spacial score (nSPS) is 21.3. The molecule has 0 aromatic carbocycles. The fourth-order valence-corrected chi connectivity index (χ4v) is 7.93. The molecule has 1 heterocycles. The molecule has 0 aromatic rings. The van der Waals surface area contributed by atoms with Crippen molar-refractivity contribution >= 4 is 16.3 Å². The van der Waals surface area contributed by atoms with Crippen LogP contribution in [0.4, 0.5) is 0 Å². The van der Waals surface area contributed by atoms with E-state index in [0.29, 0.717) is 12.8 Å². The summed E-state index contributed by atoms with van der Waals surface area (Å²) in [6.45, 7) is 3.16. The molecule has 0 saturated carbocycles. The van der Waals surface area contributed by atoms with Crippen molar-refractivity contribution in [3.8, 4) is 0 Å². The molecule has 0 aliphatic carbocycles. The Kier molecular flexibility index (Phi) is 37.3. The third-order valence-corrected chi connectivity index (χ3v) is 11.8. The number of carbonyl (C=O) groups excluding carboxylic acids is 1. The van der Waals surface area contributed by atoms with Crippen LogP contribution in [0.25, 0.3) is 0 Å². The number of carbonyl (C=O) groups is 1. The van der Waals surface area contributed by atoms with Crippen molar-refractivity contribution < 1.29 is 57.0 Å². The maximum absolute atomic E-state index is 13.1. The highest BCUT2D eigenvalue weighted by atomic mass is 32.3. The maximum atomic E-state index is 13.1. The third kappa shape index (κ3) is 31.6. The molecule has 14 heteroatoms. The minimum absolute atomic E-state index is 0.225. The summed E-state index contributed by atoms with van der Waals surface area (Å²) in [7, 11) is -5.13. The Hall–Kier alpha value is -2.24. The summed E-state index contributed by atoms with van der Waals surface area (Å²) in [5.41, 5.74) is 0. The van der Waals surface area contributed by atoms with Crippen LogP contribution in [0, 0.1) is 0 Å². The van der Waals surface area contributed by atoms with Gasteiger partial charge in [-0.1, -0.05) is 177 Å². The molecule has 0 aromatic heterocycles. The van der Waals surface area contributed by atoms with Gasteiger partial charge in [-0.2, -0.15) is 8.42 Å². The lowest BCUT2D eigenvalue weighted by Gasteiger charge is -2.41. The highest BCUT2D eigenvalue weighted by Crippen LogP contribution is 2.26. The van der Waals surface area contributed by atoms with Gasteiger partial charge in [0.2, 0.25) is 5.91 Å². The van der Waals surface area contributed by atoms with E-state index >= 15 is 0 Å². The minimum Gasteiger partial charge on any atom is -0.394 e. The second kappa shape index (κ2) is 39.9. The number of unbranched alkanes of at least 4 members (excludes halogenated alkanes) is 21. The average molecular weight is 928 g/mol. The van der Waals surface area contributed by atoms with Crippen LogP contribution >= 0.6 is 0 Å². The zero-order valence-electron chi connectivity index (χ0n) is 39.4. The molecule has 8 unspecified atom stereocenters. The van der Waals surface area contributed by atoms with Crippen LogP contribution in [0.5, 0.6) is 0 Å². The van der Waals surface area contributed by atoms with Gasteiger partial charge in [-0.25, -0.2) is 4.18 Å². The number of ether oxygens (including phenoxy) is 2. The molecule has 1 amide bonds. The number of amides is 1. The Balaban J connectivity index is 2.59. The van der Waals surface area contributed by atoms with Gasteiger partial charge in [0.05, 0.1) is 25.4 Å². The van der Waals surface area contributed by atoms with Crippen molar-refractivity contribution in [2.24, 2.45) is 0 Å². The predicted molar refractivity (Wildman–Crippen MR) is 256 cm³/mol. The summed E-state index contributed by atoms with van der Waals surface area (Å²) in [6, 6.07) is -1.15. The van der Waals surface area contributed by atoms with Gasteiger partial charge in [-0.05, 0) is 70.6 Å². The van der Waals surface area contributed by atoms with Crippen molar-refractivity contribution in [2.45, 2.75) is 236 Å². The van der Waals surface area contributed by atoms with Crippen molar-refractivity contribution in [3.05, 3.63) is 60.8 Å². The van der Waals surface area contributed by atoms with Crippen molar-refractivity contribution in [2.75, 3.05) is 13.2 Å². The molecule has 1 aliphatic heterocycles. The molecule has 1 rings (SSSR count). The molecule has 7 N–H and O–H groups in total. The molecule has 372 valence electrons. The van der Waals surface area contributed by atoms with Gasteiger partial charge in [0, 0.05) is 0 Å².